The molecule has 1 heteroatoms. The van der Waals surface area contributed by atoms with Crippen LogP contribution in [0.3, 0.4) is 0 Å². The van der Waals surface area contributed by atoms with E-state index in [0.717, 1.165) is 12.8 Å². The minimum absolute atomic E-state index is 0.143. The molecule has 2 aliphatic carbocycles. The van der Waals surface area contributed by atoms with Crippen LogP contribution in [0.15, 0.2) is 23.3 Å². The zero-order valence-electron chi connectivity index (χ0n) is 11.1. The molecule has 2 aliphatic rings. The van der Waals surface area contributed by atoms with Crippen LogP contribution < -0.4 is 0 Å². The van der Waals surface area contributed by atoms with E-state index in [1.165, 1.54) is 11.1 Å². The van der Waals surface area contributed by atoms with Gasteiger partial charge in [-0.05, 0) is 44.1 Å². The van der Waals surface area contributed by atoms with Crippen LogP contribution >= 0.6 is 0 Å². The highest BCUT2D eigenvalue weighted by Crippen LogP contribution is 2.54. The molecule has 0 amide bonds. The van der Waals surface area contributed by atoms with Crippen molar-refractivity contribution in [3.63, 3.8) is 0 Å². The number of hydrogen-bond acceptors (Lipinski definition) is 1. The zero-order valence-corrected chi connectivity index (χ0v) is 11.1. The fourth-order valence-electron chi connectivity index (χ4n) is 3.47. The second-order valence-corrected chi connectivity index (χ2v) is 6.43. The molecular weight excluding hydrogens is 196 g/mol. The largest absolute Gasteiger partial charge is 0.294 e. The predicted octanol–water partition coefficient (Wildman–Crippen LogP) is 3.90. The van der Waals surface area contributed by atoms with Gasteiger partial charge in [0, 0.05) is 5.41 Å². The summed E-state index contributed by atoms with van der Waals surface area (Å²) in [4.78, 5) is 12.2. The Morgan fingerprint density at radius 3 is 2.44 bits per heavy atom. The van der Waals surface area contributed by atoms with E-state index in [4.69, 9.17) is 0 Å². The highest BCUT2D eigenvalue weighted by atomic mass is 16.1. The monoisotopic (exact) mass is 218 g/mol. The van der Waals surface area contributed by atoms with Crippen LogP contribution in [0, 0.1) is 16.7 Å². The van der Waals surface area contributed by atoms with Crippen molar-refractivity contribution < 1.29 is 4.79 Å². The molecule has 0 aromatic carbocycles. The lowest BCUT2D eigenvalue weighted by molar-refractivity contribution is -0.130. The third kappa shape index (κ3) is 1.49. The number of rotatable bonds is 0. The third-order valence-corrected chi connectivity index (χ3v) is 4.77. The Balaban J connectivity index is 2.51. The first-order valence-electron chi connectivity index (χ1n) is 6.16. The topological polar surface area (TPSA) is 17.1 Å². The van der Waals surface area contributed by atoms with Gasteiger partial charge in [0.05, 0.1) is 0 Å². The number of allylic oxidation sites excluding steroid dienone is 4. The van der Waals surface area contributed by atoms with E-state index in [0.29, 0.717) is 11.7 Å². The molecule has 0 aromatic heterocycles. The molecule has 2 atom stereocenters. The Bertz CT molecular complexity index is 398. The highest BCUT2D eigenvalue weighted by molar-refractivity contribution is 5.96. The first-order valence-corrected chi connectivity index (χ1v) is 6.16. The van der Waals surface area contributed by atoms with Gasteiger partial charge in [-0.2, -0.15) is 0 Å². The lowest BCUT2D eigenvalue weighted by atomic mass is 9.53. The van der Waals surface area contributed by atoms with Crippen molar-refractivity contribution in [1.29, 1.82) is 0 Å². The normalized spacial score (nSPS) is 37.6. The maximum atomic E-state index is 12.2. The van der Waals surface area contributed by atoms with Gasteiger partial charge >= 0.3 is 0 Å². The molecule has 0 saturated carbocycles. The summed E-state index contributed by atoms with van der Waals surface area (Å²) in [5.41, 5.74) is 2.88. The number of fused-ring (bicyclic) bond motifs is 1. The summed E-state index contributed by atoms with van der Waals surface area (Å²) in [6.45, 7) is 11.1. The van der Waals surface area contributed by atoms with Gasteiger partial charge in [0.1, 0.15) is 0 Å². The molecule has 0 fully saturated rings. The van der Waals surface area contributed by atoms with Crippen LogP contribution in [-0.4, -0.2) is 5.78 Å². The highest BCUT2D eigenvalue weighted by Gasteiger charge is 2.50. The van der Waals surface area contributed by atoms with Gasteiger partial charge in [-0.3, -0.25) is 4.79 Å². The van der Waals surface area contributed by atoms with Crippen LogP contribution in [0.5, 0.6) is 0 Å². The average Bonchev–Trinajstić information content (AvgIpc) is 2.18. The van der Waals surface area contributed by atoms with Crippen molar-refractivity contribution in [1.82, 2.24) is 0 Å². The lowest BCUT2D eigenvalue weighted by Gasteiger charge is -2.50. The standard InChI is InChI=1S/C15H22O/c1-10-8-12-14(3,4)7-6-13(16)15(12,5)9-11(10)2/h6-7,12H,8-9H2,1-5H3/t12-,15+/m1/s1. The second kappa shape index (κ2) is 3.32. The van der Waals surface area contributed by atoms with E-state index in [-0.39, 0.29) is 10.8 Å². The molecule has 0 N–H and O–H groups in total. The Morgan fingerprint density at radius 2 is 1.81 bits per heavy atom. The van der Waals surface area contributed by atoms with Crippen molar-refractivity contribution in [3.8, 4) is 0 Å². The summed E-state index contributed by atoms with van der Waals surface area (Å²) >= 11 is 0. The third-order valence-electron chi connectivity index (χ3n) is 4.77. The maximum Gasteiger partial charge on any atom is 0.161 e. The molecule has 0 aromatic rings. The molecule has 0 bridgehead atoms. The van der Waals surface area contributed by atoms with Crippen molar-refractivity contribution in [2.45, 2.75) is 47.5 Å². The first-order chi connectivity index (χ1) is 7.27. The van der Waals surface area contributed by atoms with Crippen molar-refractivity contribution in [3.05, 3.63) is 23.3 Å². The second-order valence-electron chi connectivity index (χ2n) is 6.43. The predicted molar refractivity (Wildman–Crippen MR) is 67.1 cm³/mol. The SMILES string of the molecule is CC1=C(C)C[C@]2(C)C(=O)C=CC(C)(C)[C@H]2C1. The van der Waals surface area contributed by atoms with Gasteiger partial charge in [-0.1, -0.05) is 38.0 Å². The summed E-state index contributed by atoms with van der Waals surface area (Å²) in [5, 5.41) is 0. The van der Waals surface area contributed by atoms with E-state index >= 15 is 0 Å². The van der Waals surface area contributed by atoms with Crippen molar-refractivity contribution >= 4 is 5.78 Å². The van der Waals surface area contributed by atoms with E-state index in [2.05, 4.69) is 40.7 Å². The number of hydrogen-bond donors (Lipinski definition) is 0. The minimum Gasteiger partial charge on any atom is -0.294 e. The number of ketones is 1. The van der Waals surface area contributed by atoms with Gasteiger partial charge in [-0.15, -0.1) is 0 Å². The van der Waals surface area contributed by atoms with Gasteiger partial charge in [0.25, 0.3) is 0 Å². The van der Waals surface area contributed by atoms with Crippen LogP contribution in [0.2, 0.25) is 0 Å². The summed E-state index contributed by atoms with van der Waals surface area (Å²) in [7, 11) is 0. The smallest absolute Gasteiger partial charge is 0.161 e. The van der Waals surface area contributed by atoms with Crippen molar-refractivity contribution in [2.75, 3.05) is 0 Å². The van der Waals surface area contributed by atoms with E-state index in [9.17, 15) is 4.79 Å². The van der Waals surface area contributed by atoms with E-state index < -0.39 is 0 Å². The zero-order chi connectivity index (χ0) is 12.1. The van der Waals surface area contributed by atoms with Gasteiger partial charge < -0.3 is 0 Å². The lowest BCUT2D eigenvalue weighted by Crippen LogP contribution is -2.47. The average molecular weight is 218 g/mol. The minimum atomic E-state index is -0.165. The van der Waals surface area contributed by atoms with Crippen LogP contribution in [-0.2, 0) is 4.79 Å². The van der Waals surface area contributed by atoms with E-state index in [1.807, 2.05) is 6.08 Å². The van der Waals surface area contributed by atoms with Gasteiger partial charge in [0.2, 0.25) is 0 Å². The van der Waals surface area contributed by atoms with Crippen LogP contribution in [0.1, 0.15) is 47.5 Å². The van der Waals surface area contributed by atoms with Crippen LogP contribution in [0.4, 0.5) is 0 Å². The molecule has 2 rings (SSSR count). The molecule has 1 nitrogen and oxygen atoms in total. The Hall–Kier alpha value is -0.850. The molecule has 0 saturated heterocycles. The Morgan fingerprint density at radius 1 is 1.19 bits per heavy atom. The summed E-state index contributed by atoms with van der Waals surface area (Å²) in [6, 6.07) is 0. The number of carbonyl (C=O) groups is 1. The van der Waals surface area contributed by atoms with Gasteiger partial charge in [0.15, 0.2) is 5.78 Å². The molecule has 0 radical (unpaired) electrons. The maximum absolute atomic E-state index is 12.2. The molecular formula is C15H22O. The number of carbonyl (C=O) groups excluding carboxylic acids is 1. The summed E-state index contributed by atoms with van der Waals surface area (Å²) in [6.07, 6.45) is 5.93. The summed E-state index contributed by atoms with van der Waals surface area (Å²) in [5.74, 6) is 0.782. The molecule has 88 valence electrons. The fourth-order valence-corrected chi connectivity index (χ4v) is 3.47. The first kappa shape index (κ1) is 11.6. The Labute approximate surface area is 98.6 Å². The van der Waals surface area contributed by atoms with E-state index in [1.54, 1.807) is 0 Å². The molecule has 0 aliphatic heterocycles. The molecule has 0 heterocycles. The van der Waals surface area contributed by atoms with Crippen molar-refractivity contribution in [2.24, 2.45) is 16.7 Å². The molecule has 0 unspecified atom stereocenters. The quantitative estimate of drug-likeness (QED) is 0.563. The summed E-state index contributed by atoms with van der Waals surface area (Å²) < 4.78 is 0. The van der Waals surface area contributed by atoms with Crippen LogP contribution in [0.25, 0.3) is 0 Å². The molecule has 16 heavy (non-hydrogen) atoms. The van der Waals surface area contributed by atoms with Gasteiger partial charge in [-0.25, -0.2) is 0 Å². The Kier molecular flexibility index (Phi) is 2.41. The fraction of sp³-hybridized carbons (Fsp3) is 0.667. The molecule has 0 spiro atoms.